The second-order valence-corrected chi connectivity index (χ2v) is 4.43. The lowest BCUT2D eigenvalue weighted by molar-refractivity contribution is 0.0975. The van der Waals surface area contributed by atoms with Crippen molar-refractivity contribution in [2.75, 3.05) is 7.11 Å². The highest BCUT2D eigenvalue weighted by Gasteiger charge is 2.29. The Hall–Kier alpha value is -1.94. The van der Waals surface area contributed by atoms with Gasteiger partial charge in [-0.3, -0.25) is 0 Å². The van der Waals surface area contributed by atoms with Gasteiger partial charge in [-0.1, -0.05) is 12.1 Å². The molecule has 0 heterocycles. The Balaban J connectivity index is 2.51. The normalized spacial score (nSPS) is 13.9. The Bertz CT molecular complexity index is 594. The lowest BCUT2D eigenvalue weighted by atomic mass is 9.88. The number of hydrogen-bond acceptors (Lipinski definition) is 2. The van der Waals surface area contributed by atoms with E-state index in [1.54, 1.807) is 24.3 Å². The van der Waals surface area contributed by atoms with Crippen LogP contribution < -0.4 is 4.74 Å². The molecule has 0 aromatic heterocycles. The van der Waals surface area contributed by atoms with Crippen LogP contribution in [0.5, 0.6) is 5.75 Å². The Morgan fingerprint density at radius 2 is 1.84 bits per heavy atom. The molecule has 4 heteroatoms. The van der Waals surface area contributed by atoms with E-state index in [-0.39, 0.29) is 5.56 Å². The van der Waals surface area contributed by atoms with E-state index in [9.17, 15) is 13.9 Å². The third kappa shape index (κ3) is 2.58. The lowest BCUT2D eigenvalue weighted by Gasteiger charge is -2.25. The monoisotopic (exact) mass is 264 g/mol. The first-order valence-electron chi connectivity index (χ1n) is 5.77. The third-order valence-corrected chi connectivity index (χ3v) is 3.09. The molecule has 0 radical (unpaired) electrons. The van der Waals surface area contributed by atoms with E-state index in [2.05, 4.69) is 0 Å². The van der Waals surface area contributed by atoms with Crippen molar-refractivity contribution < 1.29 is 18.6 Å². The van der Waals surface area contributed by atoms with Gasteiger partial charge < -0.3 is 9.84 Å². The van der Waals surface area contributed by atoms with Crippen LogP contribution in [0.2, 0.25) is 0 Å². The number of hydrogen-bond donors (Lipinski definition) is 1. The number of aliphatic hydroxyl groups is 1. The zero-order valence-corrected chi connectivity index (χ0v) is 10.7. The molecule has 2 aromatic carbocycles. The summed E-state index contributed by atoms with van der Waals surface area (Å²) >= 11 is 0. The maximum absolute atomic E-state index is 13.8. The first kappa shape index (κ1) is 13.5. The van der Waals surface area contributed by atoms with Crippen molar-refractivity contribution >= 4 is 0 Å². The molecule has 1 atom stereocenters. The largest absolute Gasteiger partial charge is 0.497 e. The van der Waals surface area contributed by atoms with Crippen LogP contribution in [0.1, 0.15) is 18.1 Å². The highest BCUT2D eigenvalue weighted by molar-refractivity contribution is 5.39. The van der Waals surface area contributed by atoms with E-state index in [1.165, 1.54) is 20.1 Å². The minimum atomic E-state index is -1.56. The number of halogens is 2. The maximum Gasteiger partial charge on any atom is 0.132 e. The van der Waals surface area contributed by atoms with Crippen LogP contribution >= 0.6 is 0 Å². The third-order valence-electron chi connectivity index (χ3n) is 3.09. The molecule has 0 aliphatic carbocycles. The van der Waals surface area contributed by atoms with Gasteiger partial charge in [0, 0.05) is 11.6 Å². The lowest BCUT2D eigenvalue weighted by Crippen LogP contribution is -2.24. The molecule has 2 aromatic rings. The molecule has 0 amide bonds. The zero-order valence-electron chi connectivity index (χ0n) is 10.7. The van der Waals surface area contributed by atoms with Crippen molar-refractivity contribution in [1.29, 1.82) is 0 Å². The second kappa shape index (κ2) is 4.97. The quantitative estimate of drug-likeness (QED) is 0.922. The average molecular weight is 264 g/mol. The minimum Gasteiger partial charge on any atom is -0.497 e. The fourth-order valence-corrected chi connectivity index (χ4v) is 1.97. The molecule has 2 rings (SSSR count). The Kier molecular flexibility index (Phi) is 3.53. The molecular formula is C15H14F2O2. The van der Waals surface area contributed by atoms with Crippen LogP contribution in [0.15, 0.2) is 42.5 Å². The van der Waals surface area contributed by atoms with Gasteiger partial charge >= 0.3 is 0 Å². The van der Waals surface area contributed by atoms with E-state index in [4.69, 9.17) is 4.74 Å². The highest BCUT2D eigenvalue weighted by Crippen LogP contribution is 2.32. The van der Waals surface area contributed by atoms with Gasteiger partial charge in [-0.25, -0.2) is 8.78 Å². The Morgan fingerprint density at radius 1 is 1.11 bits per heavy atom. The van der Waals surface area contributed by atoms with E-state index in [0.29, 0.717) is 11.3 Å². The molecule has 0 fully saturated rings. The SMILES string of the molecule is COc1cccc(C(C)(O)c2ccc(F)cc2F)c1. The second-order valence-electron chi connectivity index (χ2n) is 4.43. The van der Waals surface area contributed by atoms with E-state index < -0.39 is 17.2 Å². The van der Waals surface area contributed by atoms with E-state index >= 15 is 0 Å². The molecule has 100 valence electrons. The molecular weight excluding hydrogens is 250 g/mol. The Labute approximate surface area is 110 Å². The topological polar surface area (TPSA) is 29.5 Å². The average Bonchev–Trinajstić information content (AvgIpc) is 2.38. The summed E-state index contributed by atoms with van der Waals surface area (Å²) < 4.78 is 31.8. The smallest absolute Gasteiger partial charge is 0.132 e. The van der Waals surface area contributed by atoms with Crippen molar-refractivity contribution in [1.82, 2.24) is 0 Å². The first-order valence-corrected chi connectivity index (χ1v) is 5.77. The predicted molar refractivity (Wildman–Crippen MR) is 68.0 cm³/mol. The fourth-order valence-electron chi connectivity index (χ4n) is 1.97. The summed E-state index contributed by atoms with van der Waals surface area (Å²) in [6.45, 7) is 1.46. The van der Waals surface area contributed by atoms with Gasteiger partial charge in [0.15, 0.2) is 0 Å². The minimum absolute atomic E-state index is 0.0159. The number of benzene rings is 2. The predicted octanol–water partition coefficient (Wildman–Crippen LogP) is 3.23. The summed E-state index contributed by atoms with van der Waals surface area (Å²) in [5, 5.41) is 10.5. The van der Waals surface area contributed by atoms with Crippen LogP contribution in [-0.2, 0) is 5.60 Å². The molecule has 19 heavy (non-hydrogen) atoms. The van der Waals surface area contributed by atoms with Crippen molar-refractivity contribution in [2.45, 2.75) is 12.5 Å². The van der Waals surface area contributed by atoms with Gasteiger partial charge in [0.25, 0.3) is 0 Å². The van der Waals surface area contributed by atoms with Gasteiger partial charge in [-0.05, 0) is 36.8 Å². The molecule has 0 saturated carbocycles. The summed E-state index contributed by atoms with van der Waals surface area (Å²) in [6, 6.07) is 9.81. The van der Waals surface area contributed by atoms with Gasteiger partial charge in [-0.2, -0.15) is 0 Å². The summed E-state index contributed by atoms with van der Waals surface area (Å²) in [7, 11) is 1.51. The van der Waals surface area contributed by atoms with Crippen molar-refractivity contribution in [3.8, 4) is 5.75 Å². The van der Waals surface area contributed by atoms with Crippen molar-refractivity contribution in [3.05, 3.63) is 65.2 Å². The van der Waals surface area contributed by atoms with Crippen LogP contribution in [0.3, 0.4) is 0 Å². The summed E-state index contributed by atoms with van der Waals surface area (Å²) in [5.74, 6) is -0.907. The molecule has 0 spiro atoms. The number of ether oxygens (including phenoxy) is 1. The summed E-state index contributed by atoms with van der Waals surface area (Å²) in [5.41, 5.74) is -1.08. The van der Waals surface area contributed by atoms with E-state index in [0.717, 1.165) is 12.1 Å². The van der Waals surface area contributed by atoms with Gasteiger partial charge in [-0.15, -0.1) is 0 Å². The molecule has 1 unspecified atom stereocenters. The zero-order chi connectivity index (χ0) is 14.0. The van der Waals surface area contributed by atoms with Gasteiger partial charge in [0.2, 0.25) is 0 Å². The van der Waals surface area contributed by atoms with Crippen molar-refractivity contribution in [2.24, 2.45) is 0 Å². The van der Waals surface area contributed by atoms with Crippen LogP contribution in [0, 0.1) is 11.6 Å². The molecule has 0 aliphatic heterocycles. The first-order chi connectivity index (χ1) is 8.95. The molecule has 0 saturated heterocycles. The van der Waals surface area contributed by atoms with Crippen LogP contribution in [0.25, 0.3) is 0 Å². The molecule has 0 bridgehead atoms. The standard InChI is InChI=1S/C15H14F2O2/c1-15(18,10-4-3-5-12(8-10)19-2)13-7-6-11(16)9-14(13)17/h3-9,18H,1-2H3. The molecule has 1 N–H and O–H groups in total. The highest BCUT2D eigenvalue weighted by atomic mass is 19.1. The van der Waals surface area contributed by atoms with Gasteiger partial charge in [0.1, 0.15) is 23.0 Å². The molecule has 0 aliphatic rings. The number of rotatable bonds is 3. The fraction of sp³-hybridized carbons (Fsp3) is 0.200. The summed E-state index contributed by atoms with van der Waals surface area (Å²) in [4.78, 5) is 0. The Morgan fingerprint density at radius 3 is 2.47 bits per heavy atom. The van der Waals surface area contributed by atoms with Gasteiger partial charge in [0.05, 0.1) is 7.11 Å². The van der Waals surface area contributed by atoms with Crippen LogP contribution in [0.4, 0.5) is 8.78 Å². The van der Waals surface area contributed by atoms with E-state index in [1.807, 2.05) is 0 Å². The molecule has 2 nitrogen and oxygen atoms in total. The van der Waals surface area contributed by atoms with Crippen molar-refractivity contribution in [3.63, 3.8) is 0 Å². The summed E-state index contributed by atoms with van der Waals surface area (Å²) in [6.07, 6.45) is 0. The van der Waals surface area contributed by atoms with Crippen LogP contribution in [-0.4, -0.2) is 12.2 Å². The number of methoxy groups -OCH3 is 1. The maximum atomic E-state index is 13.8.